The zero-order valence-corrected chi connectivity index (χ0v) is 13.2. The lowest BCUT2D eigenvalue weighted by Gasteiger charge is -2.07. The van der Waals surface area contributed by atoms with Crippen LogP contribution in [0, 0.1) is 0 Å². The number of rotatable bonds is 7. The van der Waals surface area contributed by atoms with E-state index < -0.39 is 17.7 Å². The molecule has 7 heteroatoms. The zero-order valence-electron chi connectivity index (χ0n) is 13.2. The van der Waals surface area contributed by atoms with Crippen molar-refractivity contribution in [3.05, 3.63) is 70.8 Å². The second kappa shape index (κ2) is 8.32. The summed E-state index contributed by atoms with van der Waals surface area (Å²) in [5, 5.41) is 12.5. The molecule has 2 aromatic carbocycles. The Balaban J connectivity index is 1.77. The van der Waals surface area contributed by atoms with Gasteiger partial charge in [-0.2, -0.15) is 13.2 Å². The summed E-state index contributed by atoms with van der Waals surface area (Å²) in [5.41, 5.74) is 1.54. The number of hydrogen-bond donors (Lipinski definition) is 1. The highest BCUT2D eigenvalue weighted by molar-refractivity contribution is 5.70. The molecule has 0 spiro atoms. The van der Waals surface area contributed by atoms with Gasteiger partial charge < -0.3 is 9.94 Å². The smallest absolute Gasteiger partial charge is 0.416 e. The van der Waals surface area contributed by atoms with Crippen LogP contribution < -0.4 is 0 Å². The van der Waals surface area contributed by atoms with Crippen molar-refractivity contribution < 1.29 is 27.9 Å². The summed E-state index contributed by atoms with van der Waals surface area (Å²) in [6.45, 7) is 0.0756. The molecule has 0 fully saturated rings. The highest BCUT2D eigenvalue weighted by Gasteiger charge is 2.29. The summed E-state index contributed by atoms with van der Waals surface area (Å²) in [5.74, 6) is -0.883. The molecule has 0 unspecified atom stereocenters. The molecule has 0 radical (unpaired) electrons. The van der Waals surface area contributed by atoms with Crippen LogP contribution >= 0.6 is 0 Å². The topological polar surface area (TPSA) is 58.9 Å². The van der Waals surface area contributed by atoms with E-state index in [1.165, 1.54) is 18.3 Å². The minimum absolute atomic E-state index is 0.0232. The van der Waals surface area contributed by atoms with E-state index in [0.717, 1.165) is 17.7 Å². The lowest BCUT2D eigenvalue weighted by atomic mass is 10.1. The third kappa shape index (κ3) is 6.29. The van der Waals surface area contributed by atoms with Crippen LogP contribution in [0.25, 0.3) is 0 Å². The summed E-state index contributed by atoms with van der Waals surface area (Å²) in [7, 11) is 0. The molecule has 0 aromatic heterocycles. The van der Waals surface area contributed by atoms with Gasteiger partial charge in [-0.3, -0.25) is 4.79 Å². The van der Waals surface area contributed by atoms with Crippen molar-refractivity contribution in [1.82, 2.24) is 0 Å². The number of halogens is 3. The van der Waals surface area contributed by atoms with Gasteiger partial charge in [0, 0.05) is 12.6 Å². The Morgan fingerprint density at radius 1 is 1.00 bits per heavy atom. The van der Waals surface area contributed by atoms with Gasteiger partial charge in [-0.1, -0.05) is 41.6 Å². The number of hydrogen-bond acceptors (Lipinski definition) is 3. The maximum Gasteiger partial charge on any atom is 0.416 e. The Kier molecular flexibility index (Phi) is 6.16. The molecule has 0 atom stereocenters. The maximum absolute atomic E-state index is 12.4. The molecule has 25 heavy (non-hydrogen) atoms. The fraction of sp³-hybridized carbons (Fsp3) is 0.222. The number of carbonyl (C=O) groups is 1. The van der Waals surface area contributed by atoms with Crippen LogP contribution in [-0.4, -0.2) is 17.3 Å². The van der Waals surface area contributed by atoms with Gasteiger partial charge in [-0.15, -0.1) is 0 Å². The highest BCUT2D eigenvalue weighted by atomic mass is 19.4. The number of nitrogens with zero attached hydrogens (tertiary/aromatic N) is 1. The van der Waals surface area contributed by atoms with Gasteiger partial charge in [0.2, 0.25) is 0 Å². The van der Waals surface area contributed by atoms with Crippen LogP contribution in [0.15, 0.2) is 53.7 Å². The normalized spacial score (nSPS) is 11.6. The van der Waals surface area contributed by atoms with Gasteiger partial charge in [0.1, 0.15) is 6.61 Å². The van der Waals surface area contributed by atoms with Crippen LogP contribution in [0.4, 0.5) is 13.2 Å². The van der Waals surface area contributed by atoms with E-state index in [1.54, 1.807) is 24.3 Å². The molecule has 4 nitrogen and oxygen atoms in total. The first-order chi connectivity index (χ1) is 11.8. The fourth-order valence-electron chi connectivity index (χ4n) is 2.06. The van der Waals surface area contributed by atoms with Gasteiger partial charge in [0.05, 0.1) is 12.0 Å². The minimum atomic E-state index is -4.35. The second-order valence-electron chi connectivity index (χ2n) is 5.35. The van der Waals surface area contributed by atoms with Gasteiger partial charge >= 0.3 is 12.1 Å². The number of alkyl halides is 3. The average molecular weight is 351 g/mol. The molecule has 0 saturated heterocycles. The zero-order chi connectivity index (χ0) is 18.3. The van der Waals surface area contributed by atoms with Crippen LogP contribution in [-0.2, 0) is 35.3 Å². The van der Waals surface area contributed by atoms with Crippen LogP contribution in [0.1, 0.15) is 22.3 Å². The molecule has 0 saturated carbocycles. The standard InChI is InChI=1S/C18H16F3NO3/c19-18(20,21)16-7-5-15(6-8-16)12-25-22-10-9-13-1-3-14(4-2-13)11-17(23)24/h1-8,10H,9,11-12H2,(H,23,24). The number of aliphatic carboxylic acids is 1. The van der Waals surface area contributed by atoms with Crippen molar-refractivity contribution in [3.8, 4) is 0 Å². The summed E-state index contributed by atoms with van der Waals surface area (Å²) < 4.78 is 37.3. The van der Waals surface area contributed by atoms with Gasteiger partial charge in [0.15, 0.2) is 0 Å². The number of benzene rings is 2. The van der Waals surface area contributed by atoms with Gasteiger partial charge in [-0.05, 0) is 28.8 Å². The minimum Gasteiger partial charge on any atom is -0.481 e. The van der Waals surface area contributed by atoms with Crippen LogP contribution in [0.3, 0.4) is 0 Å². The third-order valence-electron chi connectivity index (χ3n) is 3.37. The van der Waals surface area contributed by atoms with E-state index in [1.807, 2.05) is 0 Å². The summed E-state index contributed by atoms with van der Waals surface area (Å²) in [6.07, 6.45) is -2.33. The molecule has 0 aliphatic rings. The Morgan fingerprint density at radius 2 is 1.56 bits per heavy atom. The van der Waals surface area contributed by atoms with E-state index in [0.29, 0.717) is 17.5 Å². The lowest BCUT2D eigenvalue weighted by molar-refractivity contribution is -0.138. The third-order valence-corrected chi connectivity index (χ3v) is 3.37. The summed E-state index contributed by atoms with van der Waals surface area (Å²) in [6, 6.07) is 11.8. The van der Waals surface area contributed by atoms with Crippen molar-refractivity contribution in [2.75, 3.05) is 0 Å². The Labute approximate surface area is 142 Å². The van der Waals surface area contributed by atoms with E-state index in [2.05, 4.69) is 5.16 Å². The fourth-order valence-corrected chi connectivity index (χ4v) is 2.06. The number of carboxylic acids is 1. The quantitative estimate of drug-likeness (QED) is 0.604. The number of oxime groups is 1. The van der Waals surface area contributed by atoms with Crippen molar-refractivity contribution >= 4 is 12.2 Å². The molecule has 0 amide bonds. The van der Waals surface area contributed by atoms with Gasteiger partial charge in [0.25, 0.3) is 0 Å². The lowest BCUT2D eigenvalue weighted by Crippen LogP contribution is -2.04. The van der Waals surface area contributed by atoms with E-state index in [9.17, 15) is 18.0 Å². The molecule has 2 aromatic rings. The van der Waals surface area contributed by atoms with Crippen molar-refractivity contribution in [2.24, 2.45) is 5.16 Å². The average Bonchev–Trinajstić information content (AvgIpc) is 2.55. The molecule has 0 bridgehead atoms. The first kappa shape index (κ1) is 18.5. The molecular formula is C18H16F3NO3. The molecule has 0 heterocycles. The van der Waals surface area contributed by atoms with E-state index in [-0.39, 0.29) is 13.0 Å². The van der Waals surface area contributed by atoms with Crippen molar-refractivity contribution in [2.45, 2.75) is 25.6 Å². The predicted molar refractivity (Wildman–Crippen MR) is 86.2 cm³/mol. The summed E-state index contributed by atoms with van der Waals surface area (Å²) in [4.78, 5) is 15.6. The monoisotopic (exact) mass is 351 g/mol. The van der Waals surface area contributed by atoms with E-state index in [4.69, 9.17) is 9.94 Å². The Hall–Kier alpha value is -2.83. The molecular weight excluding hydrogens is 335 g/mol. The maximum atomic E-state index is 12.4. The highest BCUT2D eigenvalue weighted by Crippen LogP contribution is 2.29. The molecule has 132 valence electrons. The van der Waals surface area contributed by atoms with E-state index >= 15 is 0 Å². The molecule has 1 N–H and O–H groups in total. The van der Waals surface area contributed by atoms with Crippen LogP contribution in [0.2, 0.25) is 0 Å². The molecule has 0 aliphatic heterocycles. The van der Waals surface area contributed by atoms with Crippen LogP contribution in [0.5, 0.6) is 0 Å². The van der Waals surface area contributed by atoms with Crippen molar-refractivity contribution in [3.63, 3.8) is 0 Å². The Bertz CT molecular complexity index is 723. The Morgan fingerprint density at radius 3 is 2.12 bits per heavy atom. The summed E-state index contributed by atoms with van der Waals surface area (Å²) >= 11 is 0. The molecule has 0 aliphatic carbocycles. The molecule has 2 rings (SSSR count). The predicted octanol–water partition coefficient (Wildman–Crippen LogP) is 4.08. The first-order valence-corrected chi connectivity index (χ1v) is 7.44. The number of carboxylic acid groups (broad SMARTS) is 1. The van der Waals surface area contributed by atoms with Gasteiger partial charge in [-0.25, -0.2) is 0 Å². The second-order valence-corrected chi connectivity index (χ2v) is 5.35. The first-order valence-electron chi connectivity index (χ1n) is 7.44. The SMILES string of the molecule is O=C(O)Cc1ccc(CC=NOCc2ccc(C(F)(F)F)cc2)cc1. The van der Waals surface area contributed by atoms with Crippen molar-refractivity contribution in [1.29, 1.82) is 0 Å². The largest absolute Gasteiger partial charge is 0.481 e.